The number of nitrogens with one attached hydrogen (secondary N) is 1. The average Bonchev–Trinajstić information content (AvgIpc) is 3.39. The van der Waals surface area contributed by atoms with Gasteiger partial charge in [-0.3, -0.25) is 4.79 Å². The van der Waals surface area contributed by atoms with Crippen LogP contribution in [0.3, 0.4) is 0 Å². The van der Waals surface area contributed by atoms with Crippen molar-refractivity contribution in [2.45, 2.75) is 13.8 Å². The predicted octanol–water partition coefficient (Wildman–Crippen LogP) is 4.99. The summed E-state index contributed by atoms with van der Waals surface area (Å²) in [5.41, 5.74) is 7.18. The summed E-state index contributed by atoms with van der Waals surface area (Å²) in [4.78, 5) is 19.9. The third-order valence-electron chi connectivity index (χ3n) is 5.06. The Bertz CT molecular complexity index is 1380. The quantitative estimate of drug-likeness (QED) is 0.437. The molecule has 1 N–H and O–H groups in total. The number of imidazole rings is 1. The van der Waals surface area contributed by atoms with Gasteiger partial charge in [-0.15, -0.1) is 5.10 Å². The highest BCUT2D eigenvalue weighted by atomic mass is 16.1. The van der Waals surface area contributed by atoms with E-state index in [9.17, 15) is 4.79 Å². The van der Waals surface area contributed by atoms with Crippen LogP contribution in [0.2, 0.25) is 0 Å². The molecule has 0 amide bonds. The van der Waals surface area contributed by atoms with E-state index in [1.54, 1.807) is 0 Å². The highest BCUT2D eigenvalue weighted by Crippen LogP contribution is 2.32. The van der Waals surface area contributed by atoms with E-state index in [1.165, 1.54) is 6.92 Å². The number of para-hydroxylation sites is 1. The number of Topliss-reactive ketones (excluding diaryl/α,β-unsaturated/α-hetero) is 1. The van der Waals surface area contributed by atoms with Crippen molar-refractivity contribution in [2.75, 3.05) is 0 Å². The van der Waals surface area contributed by atoms with Crippen LogP contribution in [0.5, 0.6) is 0 Å². The fourth-order valence-corrected chi connectivity index (χ4v) is 3.58. The van der Waals surface area contributed by atoms with Crippen LogP contribution in [0, 0.1) is 6.92 Å². The summed E-state index contributed by atoms with van der Waals surface area (Å²) in [6.45, 7) is 3.55. The van der Waals surface area contributed by atoms with Crippen LogP contribution < -0.4 is 0 Å². The lowest BCUT2D eigenvalue weighted by atomic mass is 10.0. The Balaban J connectivity index is 1.71. The standard InChI is InChI=1S/C24H19N5O/c1-15-7-6-8-17(13-15)22-23(26-24(25-22)16(2)30)18-11-12-20-21(14-18)29(28-27-20)19-9-4-3-5-10-19/h3-14H,1-2H3,(H,25,26). The largest absolute Gasteiger partial charge is 0.335 e. The smallest absolute Gasteiger partial charge is 0.195 e. The number of fused-ring (bicyclic) bond motifs is 1. The Morgan fingerprint density at radius 2 is 1.77 bits per heavy atom. The molecule has 5 aromatic rings. The molecule has 0 atom stereocenters. The first-order chi connectivity index (χ1) is 14.6. The lowest BCUT2D eigenvalue weighted by molar-refractivity contribution is 0.100. The lowest BCUT2D eigenvalue weighted by Crippen LogP contribution is -1.96. The second-order valence-electron chi connectivity index (χ2n) is 7.27. The fraction of sp³-hybridized carbons (Fsp3) is 0.0833. The van der Waals surface area contributed by atoms with E-state index in [4.69, 9.17) is 0 Å². The summed E-state index contributed by atoms with van der Waals surface area (Å²) in [6, 6.07) is 23.9. The van der Waals surface area contributed by atoms with Crippen molar-refractivity contribution in [3.05, 3.63) is 84.2 Å². The molecule has 0 aliphatic carbocycles. The first kappa shape index (κ1) is 18.0. The van der Waals surface area contributed by atoms with Crippen molar-refractivity contribution < 1.29 is 4.79 Å². The number of hydrogen-bond acceptors (Lipinski definition) is 4. The van der Waals surface area contributed by atoms with Crippen LogP contribution in [0.1, 0.15) is 23.1 Å². The van der Waals surface area contributed by atoms with Crippen molar-refractivity contribution in [1.29, 1.82) is 0 Å². The second kappa shape index (κ2) is 7.08. The van der Waals surface area contributed by atoms with E-state index < -0.39 is 0 Å². The molecule has 30 heavy (non-hydrogen) atoms. The van der Waals surface area contributed by atoms with Gasteiger partial charge in [-0.1, -0.05) is 53.2 Å². The van der Waals surface area contributed by atoms with Crippen LogP contribution in [-0.4, -0.2) is 30.7 Å². The summed E-state index contributed by atoms with van der Waals surface area (Å²) >= 11 is 0. The molecule has 146 valence electrons. The van der Waals surface area contributed by atoms with Gasteiger partial charge in [0.25, 0.3) is 0 Å². The fourth-order valence-electron chi connectivity index (χ4n) is 3.58. The number of aromatic nitrogens is 5. The number of benzene rings is 3. The van der Waals surface area contributed by atoms with Gasteiger partial charge in [0.05, 0.1) is 22.6 Å². The predicted molar refractivity (Wildman–Crippen MR) is 117 cm³/mol. The zero-order valence-corrected chi connectivity index (χ0v) is 16.6. The molecule has 2 aromatic heterocycles. The number of H-pyrrole nitrogens is 1. The maximum Gasteiger partial charge on any atom is 0.195 e. The summed E-state index contributed by atoms with van der Waals surface area (Å²) in [7, 11) is 0. The number of carbonyl (C=O) groups excluding carboxylic acids is 1. The van der Waals surface area contributed by atoms with Crippen LogP contribution in [0.4, 0.5) is 0 Å². The average molecular weight is 393 g/mol. The van der Waals surface area contributed by atoms with Crippen LogP contribution in [0.25, 0.3) is 39.2 Å². The van der Waals surface area contributed by atoms with Gasteiger partial charge < -0.3 is 4.98 Å². The minimum absolute atomic E-state index is 0.104. The molecule has 0 saturated carbocycles. The molecule has 0 radical (unpaired) electrons. The molecule has 0 unspecified atom stereocenters. The Morgan fingerprint density at radius 3 is 2.53 bits per heavy atom. The van der Waals surface area contributed by atoms with Gasteiger partial charge in [-0.2, -0.15) is 0 Å². The third-order valence-corrected chi connectivity index (χ3v) is 5.06. The van der Waals surface area contributed by atoms with Crippen molar-refractivity contribution in [3.63, 3.8) is 0 Å². The third kappa shape index (κ3) is 3.08. The topological polar surface area (TPSA) is 76.5 Å². The van der Waals surface area contributed by atoms with Crippen molar-refractivity contribution in [1.82, 2.24) is 25.0 Å². The number of aryl methyl sites for hydroxylation is 1. The van der Waals surface area contributed by atoms with Crippen molar-refractivity contribution >= 4 is 16.8 Å². The monoisotopic (exact) mass is 393 g/mol. The zero-order chi connectivity index (χ0) is 20.7. The Morgan fingerprint density at radius 1 is 0.933 bits per heavy atom. The number of rotatable bonds is 4. The molecule has 0 fully saturated rings. The molecule has 6 nitrogen and oxygen atoms in total. The SMILES string of the molecule is CC(=O)c1nc(-c2cccc(C)c2)c(-c2ccc3nnn(-c4ccccc4)c3c2)[nH]1. The van der Waals surface area contributed by atoms with E-state index in [-0.39, 0.29) is 5.78 Å². The van der Waals surface area contributed by atoms with E-state index in [1.807, 2.05) is 78.3 Å². The number of aromatic amines is 1. The molecule has 0 spiro atoms. The molecule has 0 saturated heterocycles. The lowest BCUT2D eigenvalue weighted by Gasteiger charge is -2.06. The molecular formula is C24H19N5O. The normalized spacial score (nSPS) is 11.1. The van der Waals surface area contributed by atoms with Crippen LogP contribution in [0.15, 0.2) is 72.8 Å². The molecule has 2 heterocycles. The molecule has 0 aliphatic rings. The first-order valence-electron chi connectivity index (χ1n) is 9.69. The van der Waals surface area contributed by atoms with Crippen LogP contribution >= 0.6 is 0 Å². The van der Waals surface area contributed by atoms with Gasteiger partial charge in [-0.05, 0) is 37.3 Å². The Kier molecular flexibility index (Phi) is 4.25. The molecule has 0 aliphatic heterocycles. The molecule has 6 heteroatoms. The van der Waals surface area contributed by atoms with Crippen molar-refractivity contribution in [2.24, 2.45) is 0 Å². The van der Waals surface area contributed by atoms with E-state index in [0.29, 0.717) is 5.82 Å². The van der Waals surface area contributed by atoms with Gasteiger partial charge >= 0.3 is 0 Å². The molecule has 0 bridgehead atoms. The highest BCUT2D eigenvalue weighted by Gasteiger charge is 2.18. The highest BCUT2D eigenvalue weighted by molar-refractivity contribution is 5.94. The number of hydrogen-bond donors (Lipinski definition) is 1. The summed E-state index contributed by atoms with van der Waals surface area (Å²) in [5.74, 6) is 0.239. The van der Waals surface area contributed by atoms with Gasteiger partial charge in [0.15, 0.2) is 11.6 Å². The van der Waals surface area contributed by atoms with E-state index >= 15 is 0 Å². The summed E-state index contributed by atoms with van der Waals surface area (Å²) in [5, 5.41) is 8.60. The maximum atomic E-state index is 12.0. The van der Waals surface area contributed by atoms with Gasteiger partial charge in [0, 0.05) is 18.1 Å². The Labute approximate surface area is 173 Å². The summed E-state index contributed by atoms with van der Waals surface area (Å²) in [6.07, 6.45) is 0. The molecule has 3 aromatic carbocycles. The summed E-state index contributed by atoms with van der Waals surface area (Å²) < 4.78 is 1.81. The van der Waals surface area contributed by atoms with E-state index in [2.05, 4.69) is 26.3 Å². The number of carbonyl (C=O) groups is 1. The maximum absolute atomic E-state index is 12.0. The number of nitrogens with zero attached hydrogens (tertiary/aromatic N) is 4. The minimum Gasteiger partial charge on any atom is -0.335 e. The van der Waals surface area contributed by atoms with E-state index in [0.717, 1.165) is 44.8 Å². The molecular weight excluding hydrogens is 374 g/mol. The number of ketones is 1. The van der Waals surface area contributed by atoms with Crippen molar-refractivity contribution in [3.8, 4) is 28.2 Å². The zero-order valence-electron chi connectivity index (χ0n) is 16.6. The van der Waals surface area contributed by atoms with Gasteiger partial charge in [-0.25, -0.2) is 9.67 Å². The Hall–Kier alpha value is -4.06. The second-order valence-corrected chi connectivity index (χ2v) is 7.27. The minimum atomic E-state index is -0.104. The first-order valence-corrected chi connectivity index (χ1v) is 9.69. The van der Waals surface area contributed by atoms with Gasteiger partial charge in [0.1, 0.15) is 5.52 Å². The van der Waals surface area contributed by atoms with Crippen LogP contribution in [-0.2, 0) is 0 Å². The van der Waals surface area contributed by atoms with Gasteiger partial charge in [0.2, 0.25) is 0 Å². The molecule has 5 rings (SSSR count).